The van der Waals surface area contributed by atoms with Gasteiger partial charge >= 0.3 is 0 Å². The zero-order valence-electron chi connectivity index (χ0n) is 15.9. The minimum absolute atomic E-state index is 0.187. The van der Waals surface area contributed by atoms with Crippen molar-refractivity contribution in [3.05, 3.63) is 54.6 Å². The second kappa shape index (κ2) is 8.05. The molecular weight excluding hydrogens is 374 g/mol. The summed E-state index contributed by atoms with van der Waals surface area (Å²) < 4.78 is 21.3. The Bertz CT molecular complexity index is 1010. The van der Waals surface area contributed by atoms with Crippen LogP contribution in [0.5, 0.6) is 23.1 Å². The van der Waals surface area contributed by atoms with Gasteiger partial charge in [0, 0.05) is 23.4 Å². The number of carbonyl (C=O) groups is 1. The number of hydrogen-bond acceptors (Lipinski definition) is 7. The Kier molecular flexibility index (Phi) is 5.15. The van der Waals surface area contributed by atoms with Crippen LogP contribution in [0.15, 0.2) is 54.6 Å². The molecule has 1 aliphatic heterocycles. The summed E-state index contributed by atoms with van der Waals surface area (Å²) in [6, 6.07) is 16.1. The molecule has 1 unspecified atom stereocenters. The average Bonchev–Trinajstić information content (AvgIpc) is 3.22. The molecule has 3 aromatic rings. The quantitative estimate of drug-likeness (QED) is 0.687. The van der Waals surface area contributed by atoms with Gasteiger partial charge in [0.1, 0.15) is 5.75 Å². The molecule has 1 atom stereocenters. The minimum atomic E-state index is -0.692. The smallest absolute Gasteiger partial charge is 0.265 e. The van der Waals surface area contributed by atoms with Crippen molar-refractivity contribution >= 4 is 11.6 Å². The van der Waals surface area contributed by atoms with Crippen LogP contribution >= 0.6 is 0 Å². The number of ether oxygens (including phenoxy) is 4. The SMILES string of the molecule is COc1ccc(-c2ccc(NC(=O)C(C)Oc3ccc4c(c3)OCO4)cc2)nn1. The minimum Gasteiger partial charge on any atom is -0.481 e. The van der Waals surface area contributed by atoms with Crippen LogP contribution in [0.3, 0.4) is 0 Å². The summed E-state index contributed by atoms with van der Waals surface area (Å²) in [5.74, 6) is 1.99. The molecule has 1 aliphatic rings. The lowest BCUT2D eigenvalue weighted by atomic mass is 10.1. The highest BCUT2D eigenvalue weighted by atomic mass is 16.7. The lowest BCUT2D eigenvalue weighted by Crippen LogP contribution is -2.30. The Hall–Kier alpha value is -3.81. The van der Waals surface area contributed by atoms with Crippen LogP contribution < -0.4 is 24.3 Å². The third-order valence-corrected chi connectivity index (χ3v) is 4.32. The molecule has 4 rings (SSSR count). The van der Waals surface area contributed by atoms with Gasteiger partial charge < -0.3 is 24.3 Å². The van der Waals surface area contributed by atoms with Gasteiger partial charge in [-0.15, -0.1) is 10.2 Å². The predicted molar refractivity (Wildman–Crippen MR) is 105 cm³/mol. The summed E-state index contributed by atoms with van der Waals surface area (Å²) >= 11 is 0. The second-order valence-electron chi connectivity index (χ2n) is 6.30. The second-order valence-corrected chi connectivity index (χ2v) is 6.30. The number of nitrogens with one attached hydrogen (secondary N) is 1. The standard InChI is InChI=1S/C21H19N3O5/c1-13(29-16-7-9-18-19(11-16)28-12-27-18)21(25)22-15-5-3-14(4-6-15)17-8-10-20(26-2)24-23-17/h3-11,13H,12H2,1-2H3,(H,22,25). The fourth-order valence-electron chi connectivity index (χ4n) is 2.76. The lowest BCUT2D eigenvalue weighted by Gasteiger charge is -2.15. The van der Waals surface area contributed by atoms with Crippen LogP contribution in [0.25, 0.3) is 11.3 Å². The molecule has 148 valence electrons. The first kappa shape index (κ1) is 18.5. The van der Waals surface area contributed by atoms with E-state index in [2.05, 4.69) is 15.5 Å². The molecule has 1 aromatic heterocycles. The molecule has 1 amide bonds. The normalized spacial score (nSPS) is 12.9. The monoisotopic (exact) mass is 393 g/mol. The van der Waals surface area contributed by atoms with Gasteiger partial charge in [-0.1, -0.05) is 12.1 Å². The summed E-state index contributed by atoms with van der Waals surface area (Å²) in [4.78, 5) is 12.4. The van der Waals surface area contributed by atoms with Gasteiger partial charge in [-0.2, -0.15) is 0 Å². The molecule has 2 aromatic carbocycles. The molecule has 0 spiro atoms. The zero-order valence-corrected chi connectivity index (χ0v) is 15.9. The molecule has 2 heterocycles. The van der Waals surface area contributed by atoms with Crippen molar-refractivity contribution in [1.82, 2.24) is 10.2 Å². The lowest BCUT2D eigenvalue weighted by molar-refractivity contribution is -0.122. The number of hydrogen-bond donors (Lipinski definition) is 1. The summed E-state index contributed by atoms with van der Waals surface area (Å²) in [5.41, 5.74) is 2.24. The van der Waals surface area contributed by atoms with Gasteiger partial charge in [-0.3, -0.25) is 4.79 Å². The highest BCUT2D eigenvalue weighted by Gasteiger charge is 2.18. The van der Waals surface area contributed by atoms with E-state index in [0.29, 0.717) is 34.5 Å². The van der Waals surface area contributed by atoms with Crippen LogP contribution in [0, 0.1) is 0 Å². The van der Waals surface area contributed by atoms with E-state index >= 15 is 0 Å². The number of carbonyl (C=O) groups excluding carboxylic acids is 1. The first-order chi connectivity index (χ1) is 14.1. The van der Waals surface area contributed by atoms with E-state index in [1.165, 1.54) is 0 Å². The average molecular weight is 393 g/mol. The molecule has 8 nitrogen and oxygen atoms in total. The first-order valence-corrected chi connectivity index (χ1v) is 8.98. The largest absolute Gasteiger partial charge is 0.481 e. The van der Waals surface area contributed by atoms with Crippen molar-refractivity contribution in [2.75, 3.05) is 19.2 Å². The van der Waals surface area contributed by atoms with Crippen LogP contribution in [-0.4, -0.2) is 36.1 Å². The van der Waals surface area contributed by atoms with Gasteiger partial charge in [0.2, 0.25) is 12.7 Å². The third kappa shape index (κ3) is 4.21. The summed E-state index contributed by atoms with van der Waals surface area (Å²) in [5, 5.41) is 10.9. The van der Waals surface area contributed by atoms with E-state index in [0.717, 1.165) is 5.56 Å². The Balaban J connectivity index is 1.37. The van der Waals surface area contributed by atoms with Crippen molar-refractivity contribution in [3.63, 3.8) is 0 Å². The van der Waals surface area contributed by atoms with Crippen molar-refractivity contribution in [2.24, 2.45) is 0 Å². The number of rotatable bonds is 6. The topological polar surface area (TPSA) is 91.8 Å². The number of nitrogens with zero attached hydrogens (tertiary/aromatic N) is 2. The van der Waals surface area contributed by atoms with Crippen molar-refractivity contribution in [2.45, 2.75) is 13.0 Å². The molecule has 29 heavy (non-hydrogen) atoms. The fraction of sp³-hybridized carbons (Fsp3) is 0.190. The maximum Gasteiger partial charge on any atom is 0.265 e. The van der Waals surface area contributed by atoms with Crippen molar-refractivity contribution in [1.29, 1.82) is 0 Å². The maximum atomic E-state index is 12.4. The summed E-state index contributed by atoms with van der Waals surface area (Å²) in [7, 11) is 1.54. The molecule has 0 saturated heterocycles. The number of benzene rings is 2. The van der Waals surface area contributed by atoms with E-state index in [1.807, 2.05) is 18.2 Å². The Labute approximate surface area is 167 Å². The Morgan fingerprint density at radius 2 is 1.83 bits per heavy atom. The summed E-state index contributed by atoms with van der Waals surface area (Å²) in [6.07, 6.45) is -0.692. The molecular formula is C21H19N3O5. The number of anilines is 1. The van der Waals surface area contributed by atoms with E-state index in [9.17, 15) is 4.79 Å². The molecule has 0 saturated carbocycles. The number of amides is 1. The Morgan fingerprint density at radius 3 is 2.55 bits per heavy atom. The first-order valence-electron chi connectivity index (χ1n) is 8.98. The van der Waals surface area contributed by atoms with Gasteiger partial charge in [0.05, 0.1) is 12.8 Å². The molecule has 0 radical (unpaired) electrons. The van der Waals surface area contributed by atoms with Crippen LogP contribution in [0.2, 0.25) is 0 Å². The number of fused-ring (bicyclic) bond motifs is 1. The van der Waals surface area contributed by atoms with E-state index in [1.54, 1.807) is 50.4 Å². The molecule has 0 bridgehead atoms. The summed E-state index contributed by atoms with van der Waals surface area (Å²) in [6.45, 7) is 1.87. The zero-order chi connectivity index (χ0) is 20.2. The molecule has 0 aliphatic carbocycles. The van der Waals surface area contributed by atoms with Gasteiger partial charge in [-0.05, 0) is 37.3 Å². The predicted octanol–water partition coefficient (Wildman–Crippen LogP) is 3.29. The van der Waals surface area contributed by atoms with Gasteiger partial charge in [0.15, 0.2) is 17.6 Å². The number of methoxy groups -OCH3 is 1. The van der Waals surface area contributed by atoms with E-state index in [-0.39, 0.29) is 12.7 Å². The van der Waals surface area contributed by atoms with Gasteiger partial charge in [0.25, 0.3) is 5.91 Å². The van der Waals surface area contributed by atoms with Crippen molar-refractivity contribution in [3.8, 4) is 34.4 Å². The fourth-order valence-corrected chi connectivity index (χ4v) is 2.76. The molecule has 0 fully saturated rings. The highest BCUT2D eigenvalue weighted by molar-refractivity contribution is 5.94. The van der Waals surface area contributed by atoms with E-state index in [4.69, 9.17) is 18.9 Å². The van der Waals surface area contributed by atoms with Crippen LogP contribution in [0.4, 0.5) is 5.69 Å². The van der Waals surface area contributed by atoms with E-state index < -0.39 is 6.10 Å². The van der Waals surface area contributed by atoms with Gasteiger partial charge in [-0.25, -0.2) is 0 Å². The third-order valence-electron chi connectivity index (χ3n) is 4.32. The van der Waals surface area contributed by atoms with Crippen LogP contribution in [-0.2, 0) is 4.79 Å². The molecule has 8 heteroatoms. The van der Waals surface area contributed by atoms with Crippen molar-refractivity contribution < 1.29 is 23.7 Å². The Morgan fingerprint density at radius 1 is 1.03 bits per heavy atom. The highest BCUT2D eigenvalue weighted by Crippen LogP contribution is 2.35. The maximum absolute atomic E-state index is 12.4. The number of aromatic nitrogens is 2. The van der Waals surface area contributed by atoms with Crippen LogP contribution in [0.1, 0.15) is 6.92 Å². The molecule has 1 N–H and O–H groups in total.